The number of nitrogens with two attached hydrogens (primary N) is 1. The van der Waals surface area contributed by atoms with Gasteiger partial charge >= 0.3 is 0 Å². The lowest BCUT2D eigenvalue weighted by Crippen LogP contribution is -2.25. The van der Waals surface area contributed by atoms with E-state index in [-0.39, 0.29) is 23.6 Å². The van der Waals surface area contributed by atoms with Gasteiger partial charge in [-0.3, -0.25) is 9.36 Å². The molecule has 3 aromatic carbocycles. The summed E-state index contributed by atoms with van der Waals surface area (Å²) in [5, 5.41) is 6.39. The predicted molar refractivity (Wildman–Crippen MR) is 138 cm³/mol. The van der Waals surface area contributed by atoms with E-state index in [0.29, 0.717) is 33.4 Å². The van der Waals surface area contributed by atoms with Crippen molar-refractivity contribution >= 4 is 27.6 Å². The first-order chi connectivity index (χ1) is 17.9. The molecule has 182 valence electrons. The molecule has 37 heavy (non-hydrogen) atoms. The van der Waals surface area contributed by atoms with Crippen LogP contribution in [-0.2, 0) is 6.54 Å². The van der Waals surface area contributed by atoms with Crippen molar-refractivity contribution in [3.63, 3.8) is 0 Å². The minimum absolute atomic E-state index is 0.0652. The highest BCUT2D eigenvalue weighted by Gasteiger charge is 2.21. The molecule has 0 radical (unpaired) electrons. The Bertz CT molecular complexity index is 1890. The van der Waals surface area contributed by atoms with E-state index < -0.39 is 11.6 Å². The number of aryl methyl sites for hydroxylation is 1. The highest BCUT2D eigenvalue weighted by molar-refractivity contribution is 5.98. The zero-order chi connectivity index (χ0) is 25.7. The maximum Gasteiger partial charge on any atom is 0.263 e. The number of hydrogen-bond acceptors (Lipinski definition) is 5. The first kappa shape index (κ1) is 22.5. The Morgan fingerprint density at radius 2 is 1.73 bits per heavy atom. The summed E-state index contributed by atoms with van der Waals surface area (Å²) in [5.41, 5.74) is 8.57. The number of hydrogen-bond donors (Lipinski definition) is 1. The molecule has 0 bridgehead atoms. The summed E-state index contributed by atoms with van der Waals surface area (Å²) in [4.78, 5) is 22.2. The number of halogens is 2. The molecule has 0 amide bonds. The standard InChI is InChI=1S/C28H20F2N6O/c1-16-6-4-7-17-13-20(36(28(37)23(16)17)22-11-3-2-10-21(22)30)14-35-27-24(26(31)32-15-33-27)25(34-35)18-8-5-9-19(29)12-18/h2-13,15H,14H2,1H3,(H2,31,32,33). The van der Waals surface area contributed by atoms with Gasteiger partial charge in [0.15, 0.2) is 5.65 Å². The van der Waals surface area contributed by atoms with Crippen molar-refractivity contribution < 1.29 is 8.78 Å². The van der Waals surface area contributed by atoms with E-state index in [1.807, 2.05) is 31.2 Å². The molecular formula is C28H20F2N6O. The summed E-state index contributed by atoms with van der Waals surface area (Å²) in [6, 6.07) is 19.5. The molecule has 0 unspecified atom stereocenters. The number of nitrogen functional groups attached to an aromatic ring is 1. The van der Waals surface area contributed by atoms with Crippen molar-refractivity contribution in [2.75, 3.05) is 5.73 Å². The molecule has 6 rings (SSSR count). The van der Waals surface area contributed by atoms with Crippen LogP contribution in [0.1, 0.15) is 11.3 Å². The minimum atomic E-state index is -0.531. The zero-order valence-electron chi connectivity index (χ0n) is 19.7. The van der Waals surface area contributed by atoms with Gasteiger partial charge in [0.05, 0.1) is 23.0 Å². The summed E-state index contributed by atoms with van der Waals surface area (Å²) in [5.74, 6) is -0.763. The second-order valence-electron chi connectivity index (χ2n) is 8.74. The topological polar surface area (TPSA) is 91.6 Å². The Balaban J connectivity index is 1.63. The second kappa shape index (κ2) is 8.63. The third-order valence-corrected chi connectivity index (χ3v) is 6.39. The maximum absolute atomic E-state index is 15.0. The Kier molecular flexibility index (Phi) is 5.26. The van der Waals surface area contributed by atoms with Gasteiger partial charge in [0.25, 0.3) is 5.56 Å². The quantitative estimate of drug-likeness (QED) is 0.372. The monoisotopic (exact) mass is 494 g/mol. The Hall–Kier alpha value is -4.92. The molecule has 0 aliphatic rings. The van der Waals surface area contributed by atoms with Gasteiger partial charge in [-0.15, -0.1) is 0 Å². The zero-order valence-corrected chi connectivity index (χ0v) is 19.7. The van der Waals surface area contributed by atoms with Crippen LogP contribution in [0, 0.1) is 18.6 Å². The van der Waals surface area contributed by atoms with Crippen molar-refractivity contribution in [2.24, 2.45) is 0 Å². The van der Waals surface area contributed by atoms with E-state index in [0.717, 1.165) is 10.9 Å². The largest absolute Gasteiger partial charge is 0.383 e. The number of rotatable bonds is 4. The van der Waals surface area contributed by atoms with Crippen LogP contribution in [0.3, 0.4) is 0 Å². The van der Waals surface area contributed by atoms with Crippen LogP contribution in [-0.4, -0.2) is 24.3 Å². The van der Waals surface area contributed by atoms with Gasteiger partial charge in [-0.1, -0.05) is 42.5 Å². The second-order valence-corrected chi connectivity index (χ2v) is 8.74. The van der Waals surface area contributed by atoms with Gasteiger partial charge in [0, 0.05) is 11.3 Å². The van der Waals surface area contributed by atoms with E-state index in [1.54, 1.807) is 35.0 Å². The molecule has 0 aliphatic carbocycles. The van der Waals surface area contributed by atoms with Gasteiger partial charge in [-0.2, -0.15) is 5.10 Å². The van der Waals surface area contributed by atoms with Crippen molar-refractivity contribution in [2.45, 2.75) is 13.5 Å². The van der Waals surface area contributed by atoms with Crippen LogP contribution in [0.4, 0.5) is 14.6 Å². The SMILES string of the molecule is Cc1cccc2cc(Cn3nc(-c4cccc(F)c4)c4c(N)ncnc43)n(-c3ccccc3F)c(=O)c12. The summed E-state index contributed by atoms with van der Waals surface area (Å²) in [6.45, 7) is 1.91. The summed E-state index contributed by atoms with van der Waals surface area (Å²) in [7, 11) is 0. The molecule has 3 aromatic heterocycles. The molecule has 2 N–H and O–H groups in total. The first-order valence-corrected chi connectivity index (χ1v) is 11.5. The van der Waals surface area contributed by atoms with E-state index in [1.165, 1.54) is 29.1 Å². The highest BCUT2D eigenvalue weighted by Crippen LogP contribution is 2.31. The molecule has 0 atom stereocenters. The molecule has 0 saturated carbocycles. The van der Waals surface area contributed by atoms with Gasteiger partial charge < -0.3 is 5.73 Å². The summed E-state index contributed by atoms with van der Waals surface area (Å²) in [6.07, 6.45) is 1.32. The Morgan fingerprint density at radius 3 is 2.54 bits per heavy atom. The van der Waals surface area contributed by atoms with Gasteiger partial charge in [-0.05, 0) is 48.2 Å². The van der Waals surface area contributed by atoms with Gasteiger partial charge in [0.2, 0.25) is 0 Å². The van der Waals surface area contributed by atoms with Crippen molar-refractivity contribution in [1.82, 2.24) is 24.3 Å². The average Bonchev–Trinajstić information content (AvgIpc) is 3.25. The van der Waals surface area contributed by atoms with Crippen LogP contribution < -0.4 is 11.3 Å². The lowest BCUT2D eigenvalue weighted by Gasteiger charge is -2.16. The minimum Gasteiger partial charge on any atom is -0.383 e. The Labute approximate surface area is 209 Å². The number of nitrogens with zero attached hydrogens (tertiary/aromatic N) is 5. The number of fused-ring (bicyclic) bond motifs is 2. The molecule has 3 heterocycles. The third kappa shape index (κ3) is 3.72. The molecule has 0 saturated heterocycles. The first-order valence-electron chi connectivity index (χ1n) is 11.5. The number of para-hydroxylation sites is 1. The van der Waals surface area contributed by atoms with E-state index in [4.69, 9.17) is 10.8 Å². The van der Waals surface area contributed by atoms with Crippen LogP contribution in [0.2, 0.25) is 0 Å². The van der Waals surface area contributed by atoms with Crippen molar-refractivity contribution in [3.05, 3.63) is 112 Å². The highest BCUT2D eigenvalue weighted by atomic mass is 19.1. The number of benzene rings is 3. The van der Waals surface area contributed by atoms with Crippen molar-refractivity contribution in [1.29, 1.82) is 0 Å². The van der Waals surface area contributed by atoms with Crippen LogP contribution in [0.15, 0.2) is 83.9 Å². The van der Waals surface area contributed by atoms with Gasteiger partial charge in [-0.25, -0.2) is 23.4 Å². The molecule has 7 nitrogen and oxygen atoms in total. The molecular weight excluding hydrogens is 474 g/mol. The fourth-order valence-electron chi connectivity index (χ4n) is 4.73. The van der Waals surface area contributed by atoms with E-state index in [2.05, 4.69) is 9.97 Å². The lowest BCUT2D eigenvalue weighted by molar-refractivity contribution is 0.606. The fraction of sp³-hybridized carbons (Fsp3) is 0.0714. The fourth-order valence-corrected chi connectivity index (χ4v) is 4.73. The molecule has 0 spiro atoms. The molecule has 9 heteroatoms. The molecule has 0 aliphatic heterocycles. The van der Waals surface area contributed by atoms with Crippen LogP contribution in [0.25, 0.3) is 38.8 Å². The lowest BCUT2D eigenvalue weighted by atomic mass is 10.1. The summed E-state index contributed by atoms with van der Waals surface area (Å²) < 4.78 is 32.0. The normalized spacial score (nSPS) is 11.4. The van der Waals surface area contributed by atoms with E-state index >= 15 is 0 Å². The third-order valence-electron chi connectivity index (χ3n) is 6.39. The smallest absolute Gasteiger partial charge is 0.263 e. The molecule has 6 aromatic rings. The number of aromatic nitrogens is 5. The maximum atomic E-state index is 15.0. The van der Waals surface area contributed by atoms with Crippen LogP contribution >= 0.6 is 0 Å². The van der Waals surface area contributed by atoms with E-state index in [9.17, 15) is 13.6 Å². The number of pyridine rings is 1. The molecule has 0 fully saturated rings. The van der Waals surface area contributed by atoms with Gasteiger partial charge in [0.1, 0.15) is 29.5 Å². The Morgan fingerprint density at radius 1 is 0.919 bits per heavy atom. The van der Waals surface area contributed by atoms with Crippen molar-refractivity contribution in [3.8, 4) is 16.9 Å². The predicted octanol–water partition coefficient (Wildman–Crippen LogP) is 5.01. The number of anilines is 1. The van der Waals surface area contributed by atoms with Crippen LogP contribution in [0.5, 0.6) is 0 Å². The average molecular weight is 495 g/mol. The summed E-state index contributed by atoms with van der Waals surface area (Å²) >= 11 is 0.